The van der Waals surface area contributed by atoms with Crippen LogP contribution in [0.2, 0.25) is 0 Å². The molecule has 7 heteroatoms. The number of nitrogens with one attached hydrogen (secondary N) is 1. The van der Waals surface area contributed by atoms with Gasteiger partial charge >= 0.3 is 5.97 Å². The molecule has 0 fully saturated rings. The fraction of sp³-hybridized carbons (Fsp3) is 0.100. The number of aliphatic carboxylic acids is 1. The number of carbonyl (C=O) groups is 1. The lowest BCUT2D eigenvalue weighted by atomic mass is 10.0. The van der Waals surface area contributed by atoms with Gasteiger partial charge in [0.15, 0.2) is 17.5 Å². The third kappa shape index (κ3) is 1.74. The van der Waals surface area contributed by atoms with E-state index in [0.29, 0.717) is 0 Å². The first kappa shape index (κ1) is 11.8. The van der Waals surface area contributed by atoms with Crippen LogP contribution < -0.4 is 5.32 Å². The standard InChI is InChI=1S/C10H5ClF3NO2/c11-10(9(16)17)2-1-4-3-5(12)6(13)7(14)8(4)15-10/h1-3,15H,(H,16,17). The van der Waals surface area contributed by atoms with E-state index in [1.54, 1.807) is 0 Å². The number of carboxylic acid groups (broad SMARTS) is 1. The van der Waals surface area contributed by atoms with E-state index in [1.165, 1.54) is 0 Å². The molecule has 1 atom stereocenters. The number of rotatable bonds is 1. The minimum absolute atomic E-state index is 0.0149. The van der Waals surface area contributed by atoms with E-state index < -0.39 is 34.1 Å². The summed E-state index contributed by atoms with van der Waals surface area (Å²) in [5.41, 5.74) is -0.497. The van der Waals surface area contributed by atoms with Gasteiger partial charge in [0.05, 0.1) is 5.69 Å². The second-order valence-corrected chi connectivity index (χ2v) is 4.02. The predicted octanol–water partition coefficient (Wildman–Crippen LogP) is 2.56. The van der Waals surface area contributed by atoms with E-state index in [0.717, 1.165) is 18.2 Å². The van der Waals surface area contributed by atoms with Crippen LogP contribution >= 0.6 is 11.6 Å². The van der Waals surface area contributed by atoms with E-state index >= 15 is 0 Å². The van der Waals surface area contributed by atoms with Crippen molar-refractivity contribution >= 4 is 29.3 Å². The molecule has 0 spiro atoms. The lowest BCUT2D eigenvalue weighted by Crippen LogP contribution is -2.40. The quantitative estimate of drug-likeness (QED) is 0.465. The Morgan fingerprint density at radius 2 is 2.00 bits per heavy atom. The maximum absolute atomic E-state index is 13.4. The molecular weight excluding hydrogens is 259 g/mol. The Labute approximate surface area is 98.5 Å². The van der Waals surface area contributed by atoms with E-state index in [-0.39, 0.29) is 5.56 Å². The summed E-state index contributed by atoms with van der Waals surface area (Å²) >= 11 is 5.62. The van der Waals surface area contributed by atoms with Gasteiger partial charge < -0.3 is 10.4 Å². The highest BCUT2D eigenvalue weighted by molar-refractivity contribution is 6.37. The highest BCUT2D eigenvalue weighted by Gasteiger charge is 2.38. The molecule has 3 nitrogen and oxygen atoms in total. The zero-order chi connectivity index (χ0) is 12.8. The summed E-state index contributed by atoms with van der Waals surface area (Å²) in [5.74, 6) is -6.03. The van der Waals surface area contributed by atoms with Gasteiger partial charge in [-0.1, -0.05) is 17.7 Å². The van der Waals surface area contributed by atoms with Crippen molar-refractivity contribution < 1.29 is 23.1 Å². The van der Waals surface area contributed by atoms with Crippen molar-refractivity contribution in [3.05, 3.63) is 35.2 Å². The molecule has 2 rings (SSSR count). The number of hydrogen-bond acceptors (Lipinski definition) is 2. The molecular formula is C10H5ClF3NO2. The predicted molar refractivity (Wildman–Crippen MR) is 55.2 cm³/mol. The van der Waals surface area contributed by atoms with Crippen molar-refractivity contribution in [3.8, 4) is 0 Å². The summed E-state index contributed by atoms with van der Waals surface area (Å²) in [7, 11) is 0. The fourth-order valence-electron chi connectivity index (χ4n) is 1.42. The van der Waals surface area contributed by atoms with Gasteiger partial charge in [0, 0.05) is 5.56 Å². The molecule has 0 aromatic heterocycles. The van der Waals surface area contributed by atoms with Gasteiger partial charge in [0.1, 0.15) is 0 Å². The number of benzene rings is 1. The highest BCUT2D eigenvalue weighted by Crippen LogP contribution is 2.35. The lowest BCUT2D eigenvalue weighted by Gasteiger charge is -2.26. The van der Waals surface area contributed by atoms with Crippen molar-refractivity contribution in [2.75, 3.05) is 5.32 Å². The van der Waals surface area contributed by atoms with Crippen LogP contribution in [0.25, 0.3) is 6.08 Å². The van der Waals surface area contributed by atoms with Gasteiger partial charge in [-0.05, 0) is 12.1 Å². The highest BCUT2D eigenvalue weighted by atomic mass is 35.5. The van der Waals surface area contributed by atoms with Crippen LogP contribution in [-0.2, 0) is 4.79 Å². The molecule has 2 N–H and O–H groups in total. The molecule has 0 aliphatic carbocycles. The molecule has 0 saturated heterocycles. The van der Waals surface area contributed by atoms with Gasteiger partial charge in [-0.2, -0.15) is 0 Å². The van der Waals surface area contributed by atoms with E-state index in [9.17, 15) is 18.0 Å². The van der Waals surface area contributed by atoms with E-state index in [1.807, 2.05) is 0 Å². The second-order valence-electron chi connectivity index (χ2n) is 3.43. The van der Waals surface area contributed by atoms with Gasteiger partial charge in [0.25, 0.3) is 0 Å². The first-order valence-electron chi connectivity index (χ1n) is 4.42. The Balaban J connectivity index is 2.59. The maximum atomic E-state index is 13.4. The van der Waals surface area contributed by atoms with Crippen LogP contribution in [0, 0.1) is 17.5 Å². The van der Waals surface area contributed by atoms with Crippen LogP contribution in [0.3, 0.4) is 0 Å². The van der Waals surface area contributed by atoms with Gasteiger partial charge in [-0.25, -0.2) is 18.0 Å². The Bertz CT molecular complexity index is 547. The SMILES string of the molecule is O=C(O)C1(Cl)C=Cc2cc(F)c(F)c(F)c2N1. The summed E-state index contributed by atoms with van der Waals surface area (Å²) in [6.45, 7) is 0. The second kappa shape index (κ2) is 3.66. The number of fused-ring (bicyclic) bond motifs is 1. The summed E-state index contributed by atoms with van der Waals surface area (Å²) in [5, 5.41) is 10.9. The Kier molecular flexibility index (Phi) is 2.54. The summed E-state index contributed by atoms with van der Waals surface area (Å²) in [6, 6.07) is 0.746. The van der Waals surface area contributed by atoms with Crippen LogP contribution in [0.1, 0.15) is 5.56 Å². The van der Waals surface area contributed by atoms with Crippen LogP contribution in [-0.4, -0.2) is 16.1 Å². The summed E-state index contributed by atoms with van der Waals surface area (Å²) < 4.78 is 39.2. The number of halogens is 4. The molecule has 1 heterocycles. The van der Waals surface area contributed by atoms with Crippen LogP contribution in [0.5, 0.6) is 0 Å². The van der Waals surface area contributed by atoms with Crippen molar-refractivity contribution in [2.45, 2.75) is 5.00 Å². The molecule has 17 heavy (non-hydrogen) atoms. The normalized spacial score (nSPS) is 21.9. The molecule has 1 aliphatic rings. The molecule has 0 amide bonds. The average Bonchev–Trinajstić information content (AvgIpc) is 2.27. The van der Waals surface area contributed by atoms with Crippen molar-refractivity contribution in [1.29, 1.82) is 0 Å². The number of hydrogen-bond donors (Lipinski definition) is 2. The van der Waals surface area contributed by atoms with Crippen molar-refractivity contribution in [2.24, 2.45) is 0 Å². The minimum Gasteiger partial charge on any atom is -0.478 e. The summed E-state index contributed by atoms with van der Waals surface area (Å²) in [4.78, 5) is 8.74. The fourth-order valence-corrected chi connectivity index (χ4v) is 1.58. The van der Waals surface area contributed by atoms with E-state index in [2.05, 4.69) is 5.32 Å². The third-order valence-corrected chi connectivity index (χ3v) is 2.69. The lowest BCUT2D eigenvalue weighted by molar-refractivity contribution is -0.138. The van der Waals surface area contributed by atoms with Gasteiger partial charge in [-0.3, -0.25) is 0 Å². The number of anilines is 1. The molecule has 0 bridgehead atoms. The minimum atomic E-state index is -2.07. The molecule has 0 radical (unpaired) electrons. The van der Waals surface area contributed by atoms with Crippen molar-refractivity contribution in [3.63, 3.8) is 0 Å². The third-order valence-electron chi connectivity index (χ3n) is 2.30. The summed E-state index contributed by atoms with van der Waals surface area (Å²) in [6.07, 6.45) is 2.12. The average molecular weight is 264 g/mol. The van der Waals surface area contributed by atoms with E-state index in [4.69, 9.17) is 16.7 Å². The maximum Gasteiger partial charge on any atom is 0.349 e. The molecule has 90 valence electrons. The largest absolute Gasteiger partial charge is 0.478 e. The van der Waals surface area contributed by atoms with Gasteiger partial charge in [-0.15, -0.1) is 0 Å². The molecule has 1 aliphatic heterocycles. The molecule has 0 saturated carbocycles. The number of alkyl halides is 1. The zero-order valence-corrected chi connectivity index (χ0v) is 8.86. The van der Waals surface area contributed by atoms with Gasteiger partial charge in [0.2, 0.25) is 5.00 Å². The molecule has 1 aromatic rings. The van der Waals surface area contributed by atoms with Crippen LogP contribution in [0.15, 0.2) is 12.1 Å². The smallest absolute Gasteiger partial charge is 0.349 e. The monoisotopic (exact) mass is 263 g/mol. The zero-order valence-electron chi connectivity index (χ0n) is 8.10. The molecule has 1 unspecified atom stereocenters. The first-order chi connectivity index (χ1) is 7.85. The molecule has 1 aromatic carbocycles. The topological polar surface area (TPSA) is 49.3 Å². The first-order valence-corrected chi connectivity index (χ1v) is 4.80. The number of carboxylic acids is 1. The van der Waals surface area contributed by atoms with Crippen LogP contribution in [0.4, 0.5) is 18.9 Å². The Hall–Kier alpha value is -1.69. The Morgan fingerprint density at radius 1 is 1.35 bits per heavy atom. The Morgan fingerprint density at radius 3 is 2.59 bits per heavy atom. The van der Waals surface area contributed by atoms with Crippen molar-refractivity contribution in [1.82, 2.24) is 0 Å².